The fraction of sp³-hybridized carbons (Fsp3) is 0.167. The van der Waals surface area contributed by atoms with Crippen molar-refractivity contribution in [3.05, 3.63) is 59.0 Å². The highest BCUT2D eigenvalue weighted by atomic mass is 19.4. The Hall–Kier alpha value is -3.43. The van der Waals surface area contributed by atoms with Gasteiger partial charge in [0, 0.05) is 23.2 Å². The van der Waals surface area contributed by atoms with Crippen LogP contribution in [0.1, 0.15) is 33.3 Å². The summed E-state index contributed by atoms with van der Waals surface area (Å²) in [5.41, 5.74) is 4.40. The maximum Gasteiger partial charge on any atom is 0.416 e. The van der Waals surface area contributed by atoms with Crippen molar-refractivity contribution in [1.82, 2.24) is 9.78 Å². The molecule has 0 saturated heterocycles. The number of rotatable bonds is 4. The quantitative estimate of drug-likeness (QED) is 0.663. The van der Waals surface area contributed by atoms with Crippen molar-refractivity contribution in [2.45, 2.75) is 19.6 Å². The largest absolute Gasteiger partial charge is 0.416 e. The van der Waals surface area contributed by atoms with Crippen LogP contribution in [-0.2, 0) is 12.7 Å². The van der Waals surface area contributed by atoms with Crippen LogP contribution in [0.15, 0.2) is 36.4 Å². The summed E-state index contributed by atoms with van der Waals surface area (Å²) in [5.74, 6) is -2.84. The number of fused-ring (bicyclic) bond motifs is 1. The van der Waals surface area contributed by atoms with Gasteiger partial charge in [-0.1, -0.05) is 0 Å². The molecular formula is C18H14F4N4O2. The molecule has 0 saturated carbocycles. The fourth-order valence-electron chi connectivity index (χ4n) is 2.79. The molecule has 146 valence electrons. The number of carbonyl (C=O) groups is 2. The summed E-state index contributed by atoms with van der Waals surface area (Å²) < 4.78 is 53.4. The van der Waals surface area contributed by atoms with Crippen molar-refractivity contribution in [1.29, 1.82) is 0 Å². The SMILES string of the molecule is CCn1nc2ccc(NC(=O)c3cc(F)cc(C(F)(F)F)c3)cc2c1C(N)=O. The minimum atomic E-state index is -4.79. The van der Waals surface area contributed by atoms with E-state index in [0.717, 1.165) is 0 Å². The van der Waals surface area contributed by atoms with E-state index in [1.54, 1.807) is 6.92 Å². The highest BCUT2D eigenvalue weighted by Gasteiger charge is 2.32. The minimum absolute atomic E-state index is 0.138. The molecule has 0 atom stereocenters. The van der Waals surface area contributed by atoms with E-state index in [1.807, 2.05) is 0 Å². The van der Waals surface area contributed by atoms with Gasteiger partial charge in [-0.05, 0) is 43.3 Å². The Kier molecular flexibility index (Phi) is 4.80. The second kappa shape index (κ2) is 6.95. The van der Waals surface area contributed by atoms with Gasteiger partial charge in [0.15, 0.2) is 0 Å². The predicted octanol–water partition coefficient (Wildman–Crippen LogP) is 3.57. The number of aromatic nitrogens is 2. The van der Waals surface area contributed by atoms with E-state index in [4.69, 9.17) is 5.73 Å². The predicted molar refractivity (Wildman–Crippen MR) is 93.3 cm³/mol. The Morgan fingerprint density at radius 1 is 1.18 bits per heavy atom. The molecule has 3 rings (SSSR count). The van der Waals surface area contributed by atoms with Crippen molar-refractivity contribution in [3.8, 4) is 0 Å². The number of amides is 2. The van der Waals surface area contributed by atoms with Gasteiger partial charge in [0.2, 0.25) is 0 Å². The van der Waals surface area contributed by atoms with Crippen molar-refractivity contribution < 1.29 is 27.2 Å². The first-order valence-electron chi connectivity index (χ1n) is 8.09. The normalized spacial score (nSPS) is 11.6. The van der Waals surface area contributed by atoms with Crippen molar-refractivity contribution in [2.75, 3.05) is 5.32 Å². The fourth-order valence-corrected chi connectivity index (χ4v) is 2.79. The second-order valence-electron chi connectivity index (χ2n) is 5.94. The number of anilines is 1. The molecule has 2 aromatic carbocycles. The molecule has 28 heavy (non-hydrogen) atoms. The third-order valence-electron chi connectivity index (χ3n) is 4.02. The highest BCUT2D eigenvalue weighted by molar-refractivity contribution is 6.08. The smallest absolute Gasteiger partial charge is 0.364 e. The number of alkyl halides is 3. The first-order valence-corrected chi connectivity index (χ1v) is 8.09. The molecule has 10 heteroatoms. The maximum atomic E-state index is 13.5. The molecule has 0 radical (unpaired) electrons. The van der Waals surface area contributed by atoms with Crippen LogP contribution < -0.4 is 11.1 Å². The van der Waals surface area contributed by atoms with Crippen molar-refractivity contribution in [2.24, 2.45) is 5.73 Å². The lowest BCUT2D eigenvalue weighted by molar-refractivity contribution is -0.137. The molecule has 6 nitrogen and oxygen atoms in total. The van der Waals surface area contributed by atoms with Crippen LogP contribution in [0, 0.1) is 5.82 Å². The molecular weight excluding hydrogens is 380 g/mol. The summed E-state index contributed by atoms with van der Waals surface area (Å²) in [7, 11) is 0. The van der Waals surface area contributed by atoms with Gasteiger partial charge in [-0.3, -0.25) is 14.3 Å². The molecule has 1 aromatic heterocycles. The van der Waals surface area contributed by atoms with Crippen LogP contribution in [0.25, 0.3) is 10.9 Å². The Labute approximate surface area is 155 Å². The lowest BCUT2D eigenvalue weighted by Gasteiger charge is -2.10. The highest BCUT2D eigenvalue weighted by Crippen LogP contribution is 2.31. The molecule has 0 aliphatic heterocycles. The molecule has 0 fully saturated rings. The molecule has 3 N–H and O–H groups in total. The average molecular weight is 394 g/mol. The number of primary amides is 1. The van der Waals surface area contributed by atoms with Gasteiger partial charge in [-0.15, -0.1) is 0 Å². The number of nitrogens with two attached hydrogens (primary N) is 1. The standard InChI is InChI=1S/C18H14F4N4O2/c1-2-26-15(16(23)27)13-8-12(3-4-14(13)25-26)24-17(28)9-5-10(18(20,21)22)7-11(19)6-9/h3-8H,2H2,1H3,(H2,23,27)(H,24,28). The van der Waals surface area contributed by atoms with Gasteiger partial charge in [0.05, 0.1) is 11.1 Å². The van der Waals surface area contributed by atoms with Crippen LogP contribution >= 0.6 is 0 Å². The van der Waals surface area contributed by atoms with Crippen LogP contribution in [0.5, 0.6) is 0 Å². The Morgan fingerprint density at radius 2 is 1.89 bits per heavy atom. The molecule has 0 spiro atoms. The molecule has 0 bridgehead atoms. The molecule has 0 unspecified atom stereocenters. The number of aryl methyl sites for hydroxylation is 1. The summed E-state index contributed by atoms with van der Waals surface area (Å²) in [6.45, 7) is 2.15. The van der Waals surface area contributed by atoms with Crippen molar-refractivity contribution in [3.63, 3.8) is 0 Å². The number of halogens is 4. The van der Waals surface area contributed by atoms with E-state index in [2.05, 4.69) is 10.4 Å². The lowest BCUT2D eigenvalue weighted by Crippen LogP contribution is -2.17. The summed E-state index contributed by atoms with van der Waals surface area (Å²) >= 11 is 0. The topological polar surface area (TPSA) is 90.0 Å². The zero-order valence-electron chi connectivity index (χ0n) is 14.5. The molecule has 0 aliphatic rings. The first-order chi connectivity index (χ1) is 13.1. The van der Waals surface area contributed by atoms with E-state index in [1.165, 1.54) is 22.9 Å². The summed E-state index contributed by atoms with van der Waals surface area (Å²) in [4.78, 5) is 24.0. The maximum absolute atomic E-state index is 13.5. The Balaban J connectivity index is 1.97. The van der Waals surface area contributed by atoms with Gasteiger partial charge >= 0.3 is 6.18 Å². The van der Waals surface area contributed by atoms with Gasteiger partial charge in [-0.2, -0.15) is 18.3 Å². The molecule has 2 amide bonds. The number of nitrogens with one attached hydrogen (secondary N) is 1. The average Bonchev–Trinajstić information content (AvgIpc) is 2.98. The van der Waals surface area contributed by atoms with E-state index in [-0.39, 0.29) is 11.4 Å². The van der Waals surface area contributed by atoms with E-state index in [9.17, 15) is 27.2 Å². The van der Waals surface area contributed by atoms with Crippen molar-refractivity contribution >= 4 is 28.4 Å². The second-order valence-corrected chi connectivity index (χ2v) is 5.94. The minimum Gasteiger partial charge on any atom is -0.364 e. The number of carbonyl (C=O) groups excluding carboxylic acids is 2. The zero-order valence-corrected chi connectivity index (χ0v) is 14.5. The van der Waals surface area contributed by atoms with Crippen LogP contribution in [0.3, 0.4) is 0 Å². The number of benzene rings is 2. The molecule has 3 aromatic rings. The van der Waals surface area contributed by atoms with Crippen LogP contribution in [0.2, 0.25) is 0 Å². The number of hydrogen-bond donors (Lipinski definition) is 2. The zero-order chi connectivity index (χ0) is 20.6. The summed E-state index contributed by atoms with van der Waals surface area (Å²) in [5, 5.41) is 6.97. The summed E-state index contributed by atoms with van der Waals surface area (Å²) in [6.07, 6.45) is -4.79. The third-order valence-corrected chi connectivity index (χ3v) is 4.02. The first kappa shape index (κ1) is 19.3. The monoisotopic (exact) mass is 394 g/mol. The molecule has 0 aliphatic carbocycles. The lowest BCUT2D eigenvalue weighted by atomic mass is 10.1. The van der Waals surface area contributed by atoms with Gasteiger partial charge in [-0.25, -0.2) is 4.39 Å². The van der Waals surface area contributed by atoms with Gasteiger partial charge in [0.1, 0.15) is 11.5 Å². The number of nitrogens with zero attached hydrogens (tertiary/aromatic N) is 2. The Morgan fingerprint density at radius 3 is 2.50 bits per heavy atom. The Bertz CT molecular complexity index is 1090. The van der Waals surface area contributed by atoms with E-state index < -0.39 is 34.9 Å². The van der Waals surface area contributed by atoms with Gasteiger partial charge in [0.25, 0.3) is 11.8 Å². The van der Waals surface area contributed by atoms with Crippen LogP contribution in [0.4, 0.5) is 23.2 Å². The molecule has 1 heterocycles. The summed E-state index contributed by atoms with van der Waals surface area (Å²) in [6, 6.07) is 5.98. The third kappa shape index (κ3) is 3.66. The van der Waals surface area contributed by atoms with E-state index in [0.29, 0.717) is 35.6 Å². The van der Waals surface area contributed by atoms with Crippen LogP contribution in [-0.4, -0.2) is 21.6 Å². The van der Waals surface area contributed by atoms with Gasteiger partial charge < -0.3 is 11.1 Å². The number of hydrogen-bond acceptors (Lipinski definition) is 3. The van der Waals surface area contributed by atoms with E-state index >= 15 is 0 Å².